The van der Waals surface area contributed by atoms with E-state index in [1.54, 1.807) is 24.2 Å². The molecule has 1 amide bonds. The van der Waals surface area contributed by atoms with Gasteiger partial charge in [-0.2, -0.15) is 0 Å². The molecule has 2 heterocycles. The molecule has 0 atom stereocenters. The molecule has 3 rings (SSSR count). The molecule has 7 heteroatoms. The van der Waals surface area contributed by atoms with Crippen LogP contribution in [0.15, 0.2) is 36.7 Å². The molecule has 0 bridgehead atoms. The molecule has 0 unspecified atom stereocenters. The van der Waals surface area contributed by atoms with Crippen LogP contribution in [0.25, 0.3) is 10.9 Å². The summed E-state index contributed by atoms with van der Waals surface area (Å²) >= 11 is 0. The van der Waals surface area contributed by atoms with Crippen molar-refractivity contribution < 1.29 is 9.53 Å². The first-order chi connectivity index (χ1) is 10.7. The summed E-state index contributed by atoms with van der Waals surface area (Å²) in [6, 6.07) is 7.62. The van der Waals surface area contributed by atoms with Gasteiger partial charge in [-0.05, 0) is 18.2 Å². The zero-order valence-corrected chi connectivity index (χ0v) is 12.5. The third kappa shape index (κ3) is 2.65. The molecular formula is C15H17N5O2. The van der Waals surface area contributed by atoms with Crippen molar-refractivity contribution >= 4 is 16.8 Å². The topological polar surface area (TPSA) is 74.0 Å². The maximum atomic E-state index is 12.3. The third-order valence-electron chi connectivity index (χ3n) is 3.58. The quantitative estimate of drug-likeness (QED) is 0.768. The fourth-order valence-corrected chi connectivity index (χ4v) is 2.38. The van der Waals surface area contributed by atoms with Crippen LogP contribution in [0.3, 0.4) is 0 Å². The molecule has 0 aliphatic carbocycles. The van der Waals surface area contributed by atoms with Crippen LogP contribution >= 0.6 is 0 Å². The van der Waals surface area contributed by atoms with Crippen LogP contribution in [0, 0.1) is 0 Å². The van der Waals surface area contributed by atoms with Crippen molar-refractivity contribution in [3.63, 3.8) is 0 Å². The van der Waals surface area contributed by atoms with E-state index in [1.165, 1.54) is 0 Å². The second-order valence-corrected chi connectivity index (χ2v) is 4.94. The van der Waals surface area contributed by atoms with Crippen molar-refractivity contribution in [1.82, 2.24) is 24.9 Å². The SMILES string of the molecule is COc1ccc2cc(C(=O)NCCn3ccnn3)n(C)c2c1. The number of benzene rings is 1. The van der Waals surface area contributed by atoms with Gasteiger partial charge in [0.05, 0.1) is 25.4 Å². The summed E-state index contributed by atoms with van der Waals surface area (Å²) in [6.45, 7) is 1.08. The molecule has 2 aromatic heterocycles. The Morgan fingerprint density at radius 3 is 2.95 bits per heavy atom. The van der Waals surface area contributed by atoms with Crippen LogP contribution in [0.5, 0.6) is 5.75 Å². The van der Waals surface area contributed by atoms with E-state index in [2.05, 4.69) is 15.6 Å². The minimum absolute atomic E-state index is 0.113. The molecule has 114 valence electrons. The highest BCUT2D eigenvalue weighted by Crippen LogP contribution is 2.23. The fourth-order valence-electron chi connectivity index (χ4n) is 2.38. The number of ether oxygens (including phenoxy) is 1. The average molecular weight is 299 g/mol. The van der Waals surface area contributed by atoms with Crippen LogP contribution in [0.1, 0.15) is 10.5 Å². The number of carbonyl (C=O) groups is 1. The standard InChI is InChI=1S/C15H17N5O2/c1-19-13-10-12(22-2)4-3-11(13)9-14(19)15(21)16-5-7-20-8-6-17-18-20/h3-4,6,8-10H,5,7H2,1-2H3,(H,16,21). The first kappa shape index (κ1) is 14.1. The predicted molar refractivity (Wildman–Crippen MR) is 81.8 cm³/mol. The molecule has 1 N–H and O–H groups in total. The fraction of sp³-hybridized carbons (Fsp3) is 0.267. The van der Waals surface area contributed by atoms with E-state index in [-0.39, 0.29) is 5.91 Å². The molecule has 0 aliphatic heterocycles. The number of amides is 1. The number of methoxy groups -OCH3 is 1. The van der Waals surface area contributed by atoms with E-state index in [4.69, 9.17) is 4.74 Å². The second-order valence-electron chi connectivity index (χ2n) is 4.94. The summed E-state index contributed by atoms with van der Waals surface area (Å²) in [5, 5.41) is 11.5. The number of aryl methyl sites for hydroxylation is 1. The summed E-state index contributed by atoms with van der Waals surface area (Å²) < 4.78 is 8.76. The number of nitrogens with one attached hydrogen (secondary N) is 1. The zero-order valence-electron chi connectivity index (χ0n) is 12.5. The lowest BCUT2D eigenvalue weighted by Crippen LogP contribution is -2.28. The van der Waals surface area contributed by atoms with Crippen LogP contribution < -0.4 is 10.1 Å². The summed E-state index contributed by atoms with van der Waals surface area (Å²) in [5.74, 6) is 0.657. The van der Waals surface area contributed by atoms with Crippen molar-refractivity contribution in [2.24, 2.45) is 7.05 Å². The molecule has 0 fully saturated rings. The number of rotatable bonds is 5. The van der Waals surface area contributed by atoms with Gasteiger partial charge in [-0.3, -0.25) is 9.48 Å². The van der Waals surface area contributed by atoms with Gasteiger partial charge < -0.3 is 14.6 Å². The minimum atomic E-state index is -0.113. The molecule has 22 heavy (non-hydrogen) atoms. The van der Waals surface area contributed by atoms with Gasteiger partial charge in [0.25, 0.3) is 5.91 Å². The number of hydrogen-bond acceptors (Lipinski definition) is 4. The molecule has 0 aliphatic rings. The normalized spacial score (nSPS) is 10.8. The number of nitrogens with zero attached hydrogens (tertiary/aromatic N) is 4. The van der Waals surface area contributed by atoms with Gasteiger partial charge in [-0.1, -0.05) is 5.21 Å². The monoisotopic (exact) mass is 299 g/mol. The third-order valence-corrected chi connectivity index (χ3v) is 3.58. The van der Waals surface area contributed by atoms with Gasteiger partial charge in [-0.25, -0.2) is 0 Å². The summed E-state index contributed by atoms with van der Waals surface area (Å²) in [6.07, 6.45) is 3.37. The van der Waals surface area contributed by atoms with Crippen molar-refractivity contribution in [1.29, 1.82) is 0 Å². The van der Waals surface area contributed by atoms with Crippen molar-refractivity contribution in [3.8, 4) is 5.75 Å². The van der Waals surface area contributed by atoms with Crippen LogP contribution in [0.4, 0.5) is 0 Å². The van der Waals surface area contributed by atoms with E-state index in [0.717, 1.165) is 16.7 Å². The molecule has 0 saturated heterocycles. The van der Waals surface area contributed by atoms with Gasteiger partial charge in [0.1, 0.15) is 11.4 Å². The van der Waals surface area contributed by atoms with Gasteiger partial charge in [0, 0.05) is 31.2 Å². The molecule has 1 aromatic carbocycles. The van der Waals surface area contributed by atoms with E-state index in [1.807, 2.05) is 35.9 Å². The first-order valence-corrected chi connectivity index (χ1v) is 6.95. The Morgan fingerprint density at radius 2 is 2.23 bits per heavy atom. The maximum absolute atomic E-state index is 12.3. The Bertz CT molecular complexity index is 792. The summed E-state index contributed by atoms with van der Waals surface area (Å²) in [4.78, 5) is 12.3. The lowest BCUT2D eigenvalue weighted by molar-refractivity contribution is 0.0944. The molecule has 7 nitrogen and oxygen atoms in total. The number of aromatic nitrogens is 4. The van der Waals surface area contributed by atoms with Gasteiger partial charge in [0.2, 0.25) is 0 Å². The average Bonchev–Trinajstić information content (AvgIpc) is 3.15. The van der Waals surface area contributed by atoms with Crippen LogP contribution in [-0.2, 0) is 13.6 Å². The van der Waals surface area contributed by atoms with Crippen molar-refractivity contribution in [3.05, 3.63) is 42.4 Å². The Kier molecular flexibility index (Phi) is 3.78. The number of hydrogen-bond donors (Lipinski definition) is 1. The predicted octanol–water partition coefficient (Wildman–Crippen LogP) is 1.21. The maximum Gasteiger partial charge on any atom is 0.267 e. The minimum Gasteiger partial charge on any atom is -0.497 e. The highest BCUT2D eigenvalue weighted by atomic mass is 16.5. The largest absolute Gasteiger partial charge is 0.497 e. The molecule has 3 aromatic rings. The highest BCUT2D eigenvalue weighted by Gasteiger charge is 2.13. The lowest BCUT2D eigenvalue weighted by Gasteiger charge is -2.07. The van der Waals surface area contributed by atoms with Crippen LogP contribution in [-0.4, -0.2) is 39.1 Å². The number of carbonyl (C=O) groups excluding carboxylic acids is 1. The van der Waals surface area contributed by atoms with E-state index < -0.39 is 0 Å². The van der Waals surface area contributed by atoms with Gasteiger partial charge in [0.15, 0.2) is 0 Å². The zero-order chi connectivity index (χ0) is 15.5. The van der Waals surface area contributed by atoms with E-state index >= 15 is 0 Å². The van der Waals surface area contributed by atoms with Crippen molar-refractivity contribution in [2.45, 2.75) is 6.54 Å². The van der Waals surface area contributed by atoms with Crippen molar-refractivity contribution in [2.75, 3.05) is 13.7 Å². The van der Waals surface area contributed by atoms with E-state index in [9.17, 15) is 4.79 Å². The lowest BCUT2D eigenvalue weighted by atomic mass is 10.2. The molecule has 0 spiro atoms. The smallest absolute Gasteiger partial charge is 0.267 e. The van der Waals surface area contributed by atoms with E-state index in [0.29, 0.717) is 18.8 Å². The molecule has 0 saturated carbocycles. The molecule has 0 radical (unpaired) electrons. The van der Waals surface area contributed by atoms with Crippen LogP contribution in [0.2, 0.25) is 0 Å². The molecular weight excluding hydrogens is 282 g/mol. The second kappa shape index (κ2) is 5.88. The summed E-state index contributed by atoms with van der Waals surface area (Å²) in [7, 11) is 3.50. The Labute approximate surface area is 127 Å². The Morgan fingerprint density at radius 1 is 1.36 bits per heavy atom. The number of fused-ring (bicyclic) bond motifs is 1. The highest BCUT2D eigenvalue weighted by molar-refractivity contribution is 5.98. The first-order valence-electron chi connectivity index (χ1n) is 6.95. The van der Waals surface area contributed by atoms with Gasteiger partial charge in [-0.15, -0.1) is 5.10 Å². The summed E-state index contributed by atoms with van der Waals surface area (Å²) in [5.41, 5.74) is 1.57. The van der Waals surface area contributed by atoms with Gasteiger partial charge >= 0.3 is 0 Å². The Hall–Kier alpha value is -2.83. The Balaban J connectivity index is 1.74.